The Kier molecular flexibility index (Phi) is 8.31. The highest BCUT2D eigenvalue weighted by Crippen LogP contribution is 2.48. The van der Waals surface area contributed by atoms with Gasteiger partial charge in [-0.2, -0.15) is 0 Å². The van der Waals surface area contributed by atoms with Crippen molar-refractivity contribution in [2.45, 2.75) is 31.8 Å². The number of methoxy groups -OCH3 is 1. The molecule has 0 saturated heterocycles. The third-order valence-corrected chi connectivity index (χ3v) is 8.33. The zero-order valence-corrected chi connectivity index (χ0v) is 24.4. The Morgan fingerprint density at radius 3 is 2.28 bits per heavy atom. The molecular formula is C34H35BrN2O2. The van der Waals surface area contributed by atoms with E-state index in [0.29, 0.717) is 12.3 Å². The monoisotopic (exact) mass is 582 g/mol. The molecule has 1 N–H and O–H groups in total. The predicted molar refractivity (Wildman–Crippen MR) is 165 cm³/mol. The van der Waals surface area contributed by atoms with Gasteiger partial charge in [0.05, 0.1) is 12.6 Å². The Labute approximate surface area is 239 Å². The highest BCUT2D eigenvalue weighted by atomic mass is 79.9. The topological polar surface area (TPSA) is 45.6 Å². The molecule has 39 heavy (non-hydrogen) atoms. The van der Waals surface area contributed by atoms with Gasteiger partial charge in [0, 0.05) is 27.9 Å². The number of rotatable bonds is 10. The van der Waals surface area contributed by atoms with Gasteiger partial charge in [0.2, 0.25) is 5.88 Å². The van der Waals surface area contributed by atoms with Gasteiger partial charge in [0.15, 0.2) is 0 Å². The number of halogens is 1. The molecule has 0 spiro atoms. The number of ether oxygens (including phenoxy) is 1. The first kappa shape index (κ1) is 27.3. The van der Waals surface area contributed by atoms with Gasteiger partial charge in [-0.3, -0.25) is 0 Å². The van der Waals surface area contributed by atoms with Crippen molar-refractivity contribution in [1.82, 2.24) is 9.88 Å². The third kappa shape index (κ3) is 5.58. The summed E-state index contributed by atoms with van der Waals surface area (Å²) in [5.74, 6) is 0.113. The van der Waals surface area contributed by atoms with E-state index >= 15 is 0 Å². The average Bonchev–Trinajstić information content (AvgIpc) is 2.97. The molecule has 0 aliphatic rings. The molecule has 0 amide bonds. The minimum Gasteiger partial charge on any atom is -0.481 e. The molecule has 4 aromatic carbocycles. The Bertz CT molecular complexity index is 1570. The molecule has 200 valence electrons. The molecule has 0 aliphatic heterocycles. The first-order chi connectivity index (χ1) is 19.0. The van der Waals surface area contributed by atoms with Crippen LogP contribution >= 0.6 is 15.9 Å². The van der Waals surface area contributed by atoms with Gasteiger partial charge in [-0.25, -0.2) is 4.98 Å². The van der Waals surface area contributed by atoms with Crippen molar-refractivity contribution in [3.8, 4) is 5.88 Å². The fraction of sp³-hybridized carbons (Fsp3) is 0.265. The number of hydrogen-bond donors (Lipinski definition) is 1. The van der Waals surface area contributed by atoms with Crippen LogP contribution in [0, 0.1) is 0 Å². The first-order valence-electron chi connectivity index (χ1n) is 13.6. The van der Waals surface area contributed by atoms with Crippen LogP contribution in [0.15, 0.2) is 102 Å². The number of benzene rings is 4. The van der Waals surface area contributed by atoms with E-state index in [9.17, 15) is 5.11 Å². The fourth-order valence-electron chi connectivity index (χ4n) is 5.66. The van der Waals surface area contributed by atoms with Crippen LogP contribution in [-0.4, -0.2) is 41.7 Å². The Balaban J connectivity index is 1.78. The second-order valence-electron chi connectivity index (χ2n) is 10.0. The number of aromatic nitrogens is 1. The molecule has 0 aliphatic carbocycles. The highest BCUT2D eigenvalue weighted by Gasteiger charge is 2.42. The molecule has 5 heteroatoms. The second-order valence-corrected chi connectivity index (χ2v) is 10.9. The van der Waals surface area contributed by atoms with E-state index in [2.05, 4.69) is 89.3 Å². The fourth-order valence-corrected chi connectivity index (χ4v) is 6.04. The molecule has 5 rings (SSSR count). The summed E-state index contributed by atoms with van der Waals surface area (Å²) in [7, 11) is 1.66. The Hall–Kier alpha value is -3.25. The minimum atomic E-state index is -1.23. The van der Waals surface area contributed by atoms with Crippen molar-refractivity contribution >= 4 is 37.6 Å². The van der Waals surface area contributed by atoms with Crippen molar-refractivity contribution in [2.24, 2.45) is 0 Å². The molecule has 1 heterocycles. The lowest BCUT2D eigenvalue weighted by Gasteiger charge is -2.39. The van der Waals surface area contributed by atoms with E-state index in [4.69, 9.17) is 9.72 Å². The van der Waals surface area contributed by atoms with E-state index in [1.807, 2.05) is 42.5 Å². The van der Waals surface area contributed by atoms with Gasteiger partial charge < -0.3 is 14.7 Å². The van der Waals surface area contributed by atoms with Crippen molar-refractivity contribution in [3.63, 3.8) is 0 Å². The average molecular weight is 584 g/mol. The lowest BCUT2D eigenvalue weighted by molar-refractivity contribution is 0.00124. The molecule has 2 atom stereocenters. The van der Waals surface area contributed by atoms with Gasteiger partial charge in [0.25, 0.3) is 0 Å². The minimum absolute atomic E-state index is 0.416. The van der Waals surface area contributed by atoms with Crippen LogP contribution in [0.2, 0.25) is 0 Å². The number of fused-ring (bicyclic) bond motifs is 2. The zero-order valence-electron chi connectivity index (χ0n) is 22.8. The van der Waals surface area contributed by atoms with E-state index < -0.39 is 11.5 Å². The molecular weight excluding hydrogens is 548 g/mol. The van der Waals surface area contributed by atoms with Gasteiger partial charge >= 0.3 is 0 Å². The van der Waals surface area contributed by atoms with Crippen molar-refractivity contribution in [1.29, 1.82) is 0 Å². The van der Waals surface area contributed by atoms with Gasteiger partial charge in [-0.1, -0.05) is 96.5 Å². The summed E-state index contributed by atoms with van der Waals surface area (Å²) in [5, 5.41) is 16.3. The quantitative estimate of drug-likeness (QED) is 0.182. The van der Waals surface area contributed by atoms with Crippen LogP contribution in [0.25, 0.3) is 21.7 Å². The molecule has 0 fully saturated rings. The van der Waals surface area contributed by atoms with Crippen LogP contribution in [0.1, 0.15) is 42.9 Å². The molecule has 2 unspecified atom stereocenters. The summed E-state index contributed by atoms with van der Waals surface area (Å²) >= 11 is 3.62. The number of aliphatic hydroxyl groups is 1. The van der Waals surface area contributed by atoms with Crippen molar-refractivity contribution < 1.29 is 9.84 Å². The van der Waals surface area contributed by atoms with Crippen LogP contribution in [-0.2, 0) is 5.60 Å². The molecule has 1 aromatic heterocycles. The highest BCUT2D eigenvalue weighted by molar-refractivity contribution is 9.10. The molecule has 0 radical (unpaired) electrons. The normalized spacial score (nSPS) is 14.0. The Morgan fingerprint density at radius 1 is 0.846 bits per heavy atom. The summed E-state index contributed by atoms with van der Waals surface area (Å²) in [5.41, 5.74) is 2.39. The first-order valence-corrected chi connectivity index (χ1v) is 14.4. The largest absolute Gasteiger partial charge is 0.481 e. The maximum absolute atomic E-state index is 13.1. The third-order valence-electron chi connectivity index (χ3n) is 7.84. The molecule has 4 nitrogen and oxygen atoms in total. The molecule has 0 saturated carbocycles. The molecule has 0 bridgehead atoms. The predicted octanol–water partition coefficient (Wildman–Crippen LogP) is 7.91. The standard InChI is InChI=1S/C34H35BrN2O2/c1-4-37(5-2)20-19-34(38,28-16-15-24-11-9-10-14-26(24)21-28)32(25-12-7-6-8-13-25)30-23-27-22-29(35)17-18-31(27)36-33(30)39-3/h6-18,21-23,32,38H,4-5,19-20H2,1-3H3. The van der Waals surface area contributed by atoms with E-state index in [1.54, 1.807) is 7.11 Å². The lowest BCUT2D eigenvalue weighted by atomic mass is 9.71. The lowest BCUT2D eigenvalue weighted by Crippen LogP contribution is -2.39. The summed E-state index contributed by atoms with van der Waals surface area (Å²) < 4.78 is 6.89. The van der Waals surface area contributed by atoms with Crippen LogP contribution in [0.4, 0.5) is 0 Å². The van der Waals surface area contributed by atoms with E-state index in [0.717, 1.165) is 62.5 Å². The maximum atomic E-state index is 13.1. The maximum Gasteiger partial charge on any atom is 0.217 e. The van der Waals surface area contributed by atoms with E-state index in [-0.39, 0.29) is 0 Å². The van der Waals surface area contributed by atoms with Crippen molar-refractivity contribution in [3.05, 3.63) is 118 Å². The van der Waals surface area contributed by atoms with Crippen LogP contribution in [0.3, 0.4) is 0 Å². The van der Waals surface area contributed by atoms with Gasteiger partial charge in [-0.05, 0) is 71.7 Å². The van der Waals surface area contributed by atoms with Crippen LogP contribution < -0.4 is 4.74 Å². The summed E-state index contributed by atoms with van der Waals surface area (Å²) in [6.45, 7) is 6.95. The van der Waals surface area contributed by atoms with Crippen LogP contribution in [0.5, 0.6) is 5.88 Å². The zero-order chi connectivity index (χ0) is 27.4. The van der Waals surface area contributed by atoms with Crippen molar-refractivity contribution in [2.75, 3.05) is 26.7 Å². The number of pyridine rings is 1. The van der Waals surface area contributed by atoms with Gasteiger partial charge in [0.1, 0.15) is 5.60 Å². The SMILES string of the molecule is CCN(CC)CCC(O)(c1ccc2ccccc2c1)C(c1ccccc1)c1cc2cc(Br)ccc2nc1OC. The summed E-state index contributed by atoms with van der Waals surface area (Å²) in [6.07, 6.45) is 0.548. The second kappa shape index (κ2) is 11.9. The Morgan fingerprint density at radius 2 is 1.56 bits per heavy atom. The molecule has 5 aromatic rings. The number of hydrogen-bond acceptors (Lipinski definition) is 4. The number of nitrogens with zero attached hydrogens (tertiary/aromatic N) is 2. The van der Waals surface area contributed by atoms with E-state index in [1.165, 1.54) is 0 Å². The summed E-state index contributed by atoms with van der Waals surface area (Å²) in [4.78, 5) is 7.26. The smallest absolute Gasteiger partial charge is 0.217 e. The van der Waals surface area contributed by atoms with Gasteiger partial charge in [-0.15, -0.1) is 0 Å². The summed E-state index contributed by atoms with van der Waals surface area (Å²) in [6, 6.07) is 33.1.